The van der Waals surface area contributed by atoms with E-state index in [1.165, 1.54) is 0 Å². The zero-order valence-electron chi connectivity index (χ0n) is 16.7. The van der Waals surface area contributed by atoms with Crippen LogP contribution >= 0.6 is 0 Å². The number of piperidine rings is 1. The first-order valence-electron chi connectivity index (χ1n) is 10.1. The minimum Gasteiger partial charge on any atom is -0.454 e. The van der Waals surface area contributed by atoms with E-state index in [1.54, 1.807) is 4.90 Å². The third-order valence-corrected chi connectivity index (χ3v) is 6.16. The summed E-state index contributed by atoms with van der Waals surface area (Å²) in [6.45, 7) is 1.29. The van der Waals surface area contributed by atoms with Crippen molar-refractivity contribution in [2.75, 3.05) is 25.2 Å². The molecule has 9 heteroatoms. The summed E-state index contributed by atoms with van der Waals surface area (Å²) >= 11 is 0. The summed E-state index contributed by atoms with van der Waals surface area (Å²) in [6, 6.07) is 7.14. The Labute approximate surface area is 177 Å². The predicted octanol–water partition coefficient (Wildman–Crippen LogP) is 3.44. The second-order valence-electron chi connectivity index (χ2n) is 8.11. The smallest absolute Gasteiger partial charge is 0.317 e. The molecule has 3 aliphatic heterocycles. The second kappa shape index (κ2) is 7.40. The Bertz CT molecular complexity index is 1070. The van der Waals surface area contributed by atoms with Crippen LogP contribution in [0.2, 0.25) is 0 Å². The molecule has 2 N–H and O–H groups in total. The van der Waals surface area contributed by atoms with Gasteiger partial charge in [0.2, 0.25) is 6.79 Å². The monoisotopic (exact) mass is 429 g/mol. The molecule has 0 aromatic heterocycles. The van der Waals surface area contributed by atoms with Crippen LogP contribution in [-0.4, -0.2) is 42.1 Å². The third-order valence-electron chi connectivity index (χ3n) is 6.16. The summed E-state index contributed by atoms with van der Waals surface area (Å²) in [7, 11) is 0. The first-order valence-corrected chi connectivity index (χ1v) is 10.1. The summed E-state index contributed by atoms with van der Waals surface area (Å²) in [5, 5.41) is 6.02. The number of ether oxygens (including phenoxy) is 2. The maximum atomic E-state index is 14.3. The second-order valence-corrected chi connectivity index (χ2v) is 8.11. The Morgan fingerprint density at radius 3 is 2.81 bits per heavy atom. The number of urea groups is 1. The van der Waals surface area contributed by atoms with Gasteiger partial charge in [0.25, 0.3) is 0 Å². The number of ketones is 1. The third kappa shape index (κ3) is 3.54. The van der Waals surface area contributed by atoms with Crippen LogP contribution in [-0.2, 0) is 6.54 Å². The summed E-state index contributed by atoms with van der Waals surface area (Å²) in [5.74, 6) is -0.529. The molecule has 1 spiro atoms. The number of benzene rings is 2. The van der Waals surface area contributed by atoms with Crippen molar-refractivity contribution < 1.29 is 27.8 Å². The Morgan fingerprint density at radius 2 is 2.00 bits per heavy atom. The quantitative estimate of drug-likeness (QED) is 0.765. The number of nitrogens with one attached hydrogen (secondary N) is 2. The molecule has 0 saturated carbocycles. The number of anilines is 1. The van der Waals surface area contributed by atoms with Crippen molar-refractivity contribution in [3.63, 3.8) is 0 Å². The number of hydrogen-bond acceptors (Lipinski definition) is 5. The first-order chi connectivity index (χ1) is 14.9. The molecular formula is C22H21F2N3O4. The van der Waals surface area contributed by atoms with Crippen LogP contribution in [0, 0.1) is 11.6 Å². The van der Waals surface area contributed by atoms with Crippen molar-refractivity contribution in [1.29, 1.82) is 0 Å². The first kappa shape index (κ1) is 19.6. The molecule has 1 fully saturated rings. The maximum Gasteiger partial charge on any atom is 0.317 e. The molecule has 31 heavy (non-hydrogen) atoms. The Balaban J connectivity index is 1.22. The number of nitrogens with zero attached hydrogens (tertiary/aromatic N) is 1. The van der Waals surface area contributed by atoms with E-state index >= 15 is 0 Å². The van der Waals surface area contributed by atoms with Gasteiger partial charge in [0.15, 0.2) is 17.3 Å². The number of Topliss-reactive ketones (excluding diaryl/α,β-unsaturated/α-hetero) is 1. The van der Waals surface area contributed by atoms with E-state index in [1.807, 2.05) is 18.2 Å². The van der Waals surface area contributed by atoms with Crippen LogP contribution in [0.5, 0.6) is 11.5 Å². The highest BCUT2D eigenvalue weighted by Crippen LogP contribution is 2.39. The number of hydrogen-bond donors (Lipinski definition) is 2. The van der Waals surface area contributed by atoms with Gasteiger partial charge < -0.3 is 25.0 Å². The van der Waals surface area contributed by atoms with Crippen molar-refractivity contribution >= 4 is 17.5 Å². The molecule has 0 unspecified atom stereocenters. The number of carbonyl (C=O) groups is 2. The molecule has 3 aliphatic rings. The maximum absolute atomic E-state index is 14.3. The van der Waals surface area contributed by atoms with Gasteiger partial charge in [-0.1, -0.05) is 12.1 Å². The number of amides is 2. The van der Waals surface area contributed by atoms with Crippen LogP contribution in [0.25, 0.3) is 0 Å². The van der Waals surface area contributed by atoms with Crippen LogP contribution in [0.4, 0.5) is 19.3 Å². The fourth-order valence-electron chi connectivity index (χ4n) is 4.48. The highest BCUT2D eigenvalue weighted by molar-refractivity contribution is 6.04. The molecule has 0 aliphatic carbocycles. The van der Waals surface area contributed by atoms with Crippen molar-refractivity contribution in [3.8, 4) is 11.5 Å². The molecule has 2 amide bonds. The van der Waals surface area contributed by atoms with Gasteiger partial charge in [-0.2, -0.15) is 0 Å². The van der Waals surface area contributed by atoms with Crippen molar-refractivity contribution in [2.45, 2.75) is 31.3 Å². The van der Waals surface area contributed by atoms with E-state index in [0.29, 0.717) is 44.0 Å². The number of fused-ring (bicyclic) bond motifs is 2. The van der Waals surface area contributed by atoms with Gasteiger partial charge >= 0.3 is 6.03 Å². The van der Waals surface area contributed by atoms with Crippen LogP contribution in [0.15, 0.2) is 30.3 Å². The van der Waals surface area contributed by atoms with E-state index in [-0.39, 0.29) is 36.3 Å². The van der Waals surface area contributed by atoms with E-state index in [9.17, 15) is 18.4 Å². The van der Waals surface area contributed by atoms with Crippen molar-refractivity contribution in [2.24, 2.45) is 0 Å². The number of para-hydroxylation sites is 1. The lowest BCUT2D eigenvalue weighted by Crippen LogP contribution is -2.55. The molecular weight excluding hydrogens is 408 g/mol. The number of carbonyl (C=O) groups excluding carboxylic acids is 2. The van der Waals surface area contributed by atoms with Crippen LogP contribution in [0.3, 0.4) is 0 Å². The van der Waals surface area contributed by atoms with Gasteiger partial charge in [0, 0.05) is 48.8 Å². The Morgan fingerprint density at radius 1 is 1.19 bits per heavy atom. The topological polar surface area (TPSA) is 79.9 Å². The highest BCUT2D eigenvalue weighted by atomic mass is 19.1. The molecule has 2 aromatic carbocycles. The fraction of sp³-hybridized carbons (Fsp3) is 0.364. The van der Waals surface area contributed by atoms with E-state index < -0.39 is 17.2 Å². The van der Waals surface area contributed by atoms with Crippen molar-refractivity contribution in [3.05, 3.63) is 53.1 Å². The number of likely N-dealkylation sites (tertiary alicyclic amines) is 1. The largest absolute Gasteiger partial charge is 0.454 e. The molecule has 0 atom stereocenters. The lowest BCUT2D eigenvalue weighted by Gasteiger charge is -2.45. The molecule has 1 saturated heterocycles. The number of rotatable bonds is 2. The minimum atomic E-state index is -0.774. The zero-order chi connectivity index (χ0) is 21.6. The summed E-state index contributed by atoms with van der Waals surface area (Å²) in [4.78, 5) is 26.9. The lowest BCUT2D eigenvalue weighted by molar-refractivity contribution is 0.0914. The molecule has 0 radical (unpaired) electrons. The minimum absolute atomic E-state index is 0.0462. The predicted molar refractivity (Wildman–Crippen MR) is 107 cm³/mol. The van der Waals surface area contributed by atoms with Gasteiger partial charge in [-0.15, -0.1) is 0 Å². The highest BCUT2D eigenvalue weighted by Gasteiger charge is 2.42. The van der Waals surface area contributed by atoms with Gasteiger partial charge in [-0.25, -0.2) is 13.6 Å². The van der Waals surface area contributed by atoms with E-state index in [4.69, 9.17) is 9.47 Å². The number of halogens is 2. The average molecular weight is 429 g/mol. The van der Waals surface area contributed by atoms with Gasteiger partial charge in [-0.3, -0.25) is 4.79 Å². The normalized spacial score (nSPS) is 18.5. The molecule has 2 aromatic rings. The zero-order valence-corrected chi connectivity index (χ0v) is 16.7. The molecule has 3 heterocycles. The average Bonchev–Trinajstić information content (AvgIpc) is 3.23. The fourth-order valence-corrected chi connectivity index (χ4v) is 4.48. The SMILES string of the molecule is O=C1CC2(CCN(C(=O)NCc3cccc4c3OCO4)CC2)Nc2c(F)cc(F)cc21. The summed E-state index contributed by atoms with van der Waals surface area (Å²) in [5.41, 5.74) is 0.293. The van der Waals surface area contributed by atoms with Crippen molar-refractivity contribution in [1.82, 2.24) is 10.2 Å². The molecule has 7 nitrogen and oxygen atoms in total. The lowest BCUT2D eigenvalue weighted by atomic mass is 9.78. The standard InChI is InChI=1S/C22H21F2N3O4/c23-14-8-15-17(28)10-22(26-19(15)16(24)9-14)4-6-27(7-5-22)21(29)25-11-13-2-1-3-18-20(13)31-12-30-18/h1-3,8-9,26H,4-7,10-12H2,(H,25,29). The molecule has 5 rings (SSSR count). The van der Waals surface area contributed by atoms with E-state index in [0.717, 1.165) is 17.7 Å². The summed E-state index contributed by atoms with van der Waals surface area (Å²) < 4.78 is 38.5. The van der Waals surface area contributed by atoms with Gasteiger partial charge in [-0.05, 0) is 25.0 Å². The van der Waals surface area contributed by atoms with Gasteiger partial charge in [0.1, 0.15) is 11.6 Å². The molecule has 0 bridgehead atoms. The van der Waals surface area contributed by atoms with Crippen LogP contribution in [0.1, 0.15) is 35.2 Å². The molecule has 162 valence electrons. The Kier molecular flexibility index (Phi) is 4.68. The van der Waals surface area contributed by atoms with Gasteiger partial charge in [0.05, 0.1) is 5.69 Å². The summed E-state index contributed by atoms with van der Waals surface area (Å²) in [6.07, 6.45) is 1.12. The van der Waals surface area contributed by atoms with Crippen LogP contribution < -0.4 is 20.1 Å². The Hall–Kier alpha value is -3.36. The van der Waals surface area contributed by atoms with E-state index in [2.05, 4.69) is 10.6 Å².